The van der Waals surface area contributed by atoms with Crippen molar-refractivity contribution in [2.75, 3.05) is 6.54 Å². The molecule has 1 amide bonds. The summed E-state index contributed by atoms with van der Waals surface area (Å²) >= 11 is 18.7. The van der Waals surface area contributed by atoms with Crippen LogP contribution in [0.25, 0.3) is 16.9 Å². The van der Waals surface area contributed by atoms with Gasteiger partial charge in [-0.25, -0.2) is 4.68 Å². The Kier molecular flexibility index (Phi) is 6.79. The summed E-state index contributed by atoms with van der Waals surface area (Å²) in [5.74, 6) is 4.55. The summed E-state index contributed by atoms with van der Waals surface area (Å²) in [6.07, 6.45) is 9.52. The molecule has 1 aromatic heterocycles. The van der Waals surface area contributed by atoms with E-state index >= 15 is 0 Å². The number of carbonyl (C=O) groups is 1. The van der Waals surface area contributed by atoms with E-state index in [1.807, 2.05) is 30.3 Å². The number of nitrogens with zero attached hydrogens (tertiary/aromatic N) is 2. The van der Waals surface area contributed by atoms with Gasteiger partial charge in [0.25, 0.3) is 5.91 Å². The lowest BCUT2D eigenvalue weighted by Crippen LogP contribution is -2.45. The van der Waals surface area contributed by atoms with Crippen molar-refractivity contribution in [3.05, 3.63) is 69.3 Å². The average molecular weight is 543 g/mol. The molecule has 4 bridgehead atoms. The number of benzene rings is 2. The molecule has 0 aliphatic heterocycles. The summed E-state index contributed by atoms with van der Waals surface area (Å²) in [7, 11) is 0. The standard InChI is InChI=1S/C29H30Cl3N3O/c30-22-5-3-19(4-6-22)28-16-26(34-35(28)27-8-7-23(31)15-25(27)32)29(36)33-9-1-2-24-20-11-17-10-18(13-20)14-21(24)12-17/h3-8,15-18,20-21,24H,1-2,9-14H2,(H,33,36). The third kappa shape index (κ3) is 4.80. The zero-order valence-electron chi connectivity index (χ0n) is 20.1. The molecule has 0 radical (unpaired) electrons. The van der Waals surface area contributed by atoms with E-state index in [0.29, 0.717) is 33.0 Å². The molecule has 0 atom stereocenters. The molecule has 4 saturated carbocycles. The largest absolute Gasteiger partial charge is 0.351 e. The summed E-state index contributed by atoms with van der Waals surface area (Å²) in [6.45, 7) is 0.673. The maximum atomic E-state index is 13.1. The number of amides is 1. The molecule has 1 N–H and O–H groups in total. The summed E-state index contributed by atoms with van der Waals surface area (Å²) in [4.78, 5) is 13.1. The number of nitrogens with one attached hydrogen (secondary N) is 1. The van der Waals surface area contributed by atoms with Gasteiger partial charge in [0.1, 0.15) is 0 Å². The van der Waals surface area contributed by atoms with Crippen molar-refractivity contribution in [3.63, 3.8) is 0 Å². The van der Waals surface area contributed by atoms with E-state index < -0.39 is 0 Å². The SMILES string of the molecule is O=C(NCCCC1C2CC3CC(C2)CC1C3)c1cc(-c2ccc(Cl)cc2)n(-c2ccc(Cl)cc2Cl)n1. The smallest absolute Gasteiger partial charge is 0.271 e. The van der Waals surface area contributed by atoms with Gasteiger partial charge in [-0.15, -0.1) is 0 Å². The molecule has 0 saturated heterocycles. The molecule has 4 fully saturated rings. The predicted molar refractivity (Wildman–Crippen MR) is 146 cm³/mol. The lowest BCUT2D eigenvalue weighted by Gasteiger charge is -2.54. The summed E-state index contributed by atoms with van der Waals surface area (Å²) in [6, 6.07) is 14.5. The predicted octanol–water partition coefficient (Wildman–Crippen LogP) is 8.08. The van der Waals surface area contributed by atoms with Gasteiger partial charge in [-0.05, 0) is 111 Å². The zero-order chi connectivity index (χ0) is 24.8. The summed E-state index contributed by atoms with van der Waals surface area (Å²) in [5.41, 5.74) is 2.67. The van der Waals surface area contributed by atoms with Gasteiger partial charge in [0.15, 0.2) is 5.69 Å². The van der Waals surface area contributed by atoms with Crippen LogP contribution in [0.15, 0.2) is 48.5 Å². The summed E-state index contributed by atoms with van der Waals surface area (Å²) in [5, 5.41) is 9.40. The lowest BCUT2D eigenvalue weighted by molar-refractivity contribution is -0.0401. The Morgan fingerprint density at radius 3 is 2.22 bits per heavy atom. The molecule has 3 aromatic rings. The Morgan fingerprint density at radius 1 is 0.889 bits per heavy atom. The van der Waals surface area contributed by atoms with Crippen molar-refractivity contribution >= 4 is 40.7 Å². The molecule has 0 unspecified atom stereocenters. The van der Waals surface area contributed by atoms with Gasteiger partial charge in [0, 0.05) is 22.2 Å². The Bertz CT molecular complexity index is 1240. The Labute approximate surface area is 227 Å². The zero-order valence-corrected chi connectivity index (χ0v) is 22.4. The van der Waals surface area contributed by atoms with E-state index in [1.54, 1.807) is 22.9 Å². The van der Waals surface area contributed by atoms with E-state index in [4.69, 9.17) is 34.8 Å². The number of halogens is 3. The number of hydrogen-bond donors (Lipinski definition) is 1. The van der Waals surface area contributed by atoms with Crippen LogP contribution in [0, 0.1) is 29.6 Å². The molecular formula is C29H30Cl3N3O. The fourth-order valence-corrected chi connectivity index (χ4v) is 7.91. The van der Waals surface area contributed by atoms with E-state index in [0.717, 1.165) is 47.3 Å². The maximum absolute atomic E-state index is 13.1. The van der Waals surface area contributed by atoms with Crippen molar-refractivity contribution in [1.29, 1.82) is 0 Å². The molecule has 188 valence electrons. The van der Waals surface area contributed by atoms with Gasteiger partial charge in [-0.2, -0.15) is 5.10 Å². The van der Waals surface area contributed by atoms with Gasteiger partial charge in [0.05, 0.1) is 16.4 Å². The first kappa shape index (κ1) is 24.3. The van der Waals surface area contributed by atoms with Gasteiger partial charge >= 0.3 is 0 Å². The fourth-order valence-electron chi connectivity index (χ4n) is 7.29. The highest BCUT2D eigenvalue weighted by atomic mass is 35.5. The van der Waals surface area contributed by atoms with Crippen LogP contribution in [0.5, 0.6) is 0 Å². The first-order valence-electron chi connectivity index (χ1n) is 13.0. The molecule has 7 heteroatoms. The molecule has 2 aromatic carbocycles. The number of aromatic nitrogens is 2. The minimum atomic E-state index is -0.167. The monoisotopic (exact) mass is 541 g/mol. The topological polar surface area (TPSA) is 46.9 Å². The van der Waals surface area contributed by atoms with Crippen molar-refractivity contribution in [3.8, 4) is 16.9 Å². The van der Waals surface area contributed by atoms with Crippen LogP contribution in [-0.2, 0) is 0 Å². The molecule has 1 heterocycles. The highest BCUT2D eigenvalue weighted by Crippen LogP contribution is 2.57. The first-order valence-corrected chi connectivity index (χ1v) is 14.2. The Balaban J connectivity index is 1.16. The van der Waals surface area contributed by atoms with E-state index in [2.05, 4.69) is 10.4 Å². The molecular weight excluding hydrogens is 513 g/mol. The van der Waals surface area contributed by atoms with Crippen molar-refractivity contribution < 1.29 is 4.79 Å². The number of carbonyl (C=O) groups excluding carboxylic acids is 1. The fraction of sp³-hybridized carbons (Fsp3) is 0.448. The van der Waals surface area contributed by atoms with Crippen molar-refractivity contribution in [2.24, 2.45) is 29.6 Å². The quantitative estimate of drug-likeness (QED) is 0.307. The second-order valence-electron chi connectivity index (χ2n) is 10.9. The van der Waals surface area contributed by atoms with Crippen molar-refractivity contribution in [1.82, 2.24) is 15.1 Å². The molecule has 36 heavy (non-hydrogen) atoms. The van der Waals surface area contributed by atoms with E-state index in [-0.39, 0.29) is 5.91 Å². The number of hydrogen-bond acceptors (Lipinski definition) is 2. The third-order valence-electron chi connectivity index (χ3n) is 8.64. The van der Waals surface area contributed by atoms with E-state index in [9.17, 15) is 4.79 Å². The first-order chi connectivity index (χ1) is 17.4. The second kappa shape index (κ2) is 10.0. The third-order valence-corrected chi connectivity index (χ3v) is 9.43. The Morgan fingerprint density at radius 2 is 1.56 bits per heavy atom. The van der Waals surface area contributed by atoms with Crippen LogP contribution >= 0.6 is 34.8 Å². The average Bonchev–Trinajstić information content (AvgIpc) is 3.28. The van der Waals surface area contributed by atoms with Crippen LogP contribution in [-0.4, -0.2) is 22.2 Å². The van der Waals surface area contributed by atoms with Gasteiger partial charge < -0.3 is 5.32 Å². The molecule has 7 rings (SSSR count). The van der Waals surface area contributed by atoms with Gasteiger partial charge in [-0.3, -0.25) is 4.79 Å². The minimum absolute atomic E-state index is 0.167. The summed E-state index contributed by atoms with van der Waals surface area (Å²) < 4.78 is 1.70. The van der Waals surface area contributed by atoms with Crippen LogP contribution in [0.4, 0.5) is 0 Å². The molecule has 4 nitrogen and oxygen atoms in total. The highest BCUT2D eigenvalue weighted by molar-refractivity contribution is 6.35. The molecule has 4 aliphatic rings. The molecule has 0 spiro atoms. The second-order valence-corrected chi connectivity index (χ2v) is 12.2. The van der Waals surface area contributed by atoms with E-state index in [1.165, 1.54) is 38.5 Å². The number of rotatable bonds is 7. The minimum Gasteiger partial charge on any atom is -0.351 e. The van der Waals surface area contributed by atoms with Crippen LogP contribution < -0.4 is 5.32 Å². The highest BCUT2D eigenvalue weighted by Gasteiger charge is 2.47. The maximum Gasteiger partial charge on any atom is 0.271 e. The van der Waals surface area contributed by atoms with Crippen LogP contribution in [0.2, 0.25) is 15.1 Å². The Hall–Kier alpha value is -2.01. The van der Waals surface area contributed by atoms with Crippen LogP contribution in [0.1, 0.15) is 55.4 Å². The lowest BCUT2D eigenvalue weighted by atomic mass is 9.51. The van der Waals surface area contributed by atoms with Gasteiger partial charge in [0.2, 0.25) is 0 Å². The van der Waals surface area contributed by atoms with Gasteiger partial charge in [-0.1, -0.05) is 46.9 Å². The van der Waals surface area contributed by atoms with Crippen LogP contribution in [0.3, 0.4) is 0 Å². The normalized spacial score (nSPS) is 26.4. The van der Waals surface area contributed by atoms with Crippen molar-refractivity contribution in [2.45, 2.75) is 44.9 Å². The molecule has 4 aliphatic carbocycles.